The number of amides is 1. The van der Waals surface area contributed by atoms with E-state index < -0.39 is 18.4 Å². The van der Waals surface area contributed by atoms with Gasteiger partial charge in [0.1, 0.15) is 11.5 Å². The van der Waals surface area contributed by atoms with Crippen molar-refractivity contribution in [1.29, 1.82) is 0 Å². The number of alkyl halides is 3. The first-order chi connectivity index (χ1) is 16.7. The van der Waals surface area contributed by atoms with Gasteiger partial charge in [-0.2, -0.15) is 0 Å². The third-order valence-electron chi connectivity index (χ3n) is 5.74. The lowest BCUT2D eigenvalue weighted by atomic mass is 10.1. The number of benzene rings is 2. The number of rotatable bonds is 4. The molecule has 1 saturated heterocycles. The van der Waals surface area contributed by atoms with Gasteiger partial charge >= 0.3 is 6.36 Å². The molecule has 0 aromatic heterocycles. The molecule has 2 heterocycles. The molecule has 2 aliphatic heterocycles. The summed E-state index contributed by atoms with van der Waals surface area (Å²) in [6.45, 7) is 4.17. The lowest BCUT2D eigenvalue weighted by molar-refractivity contribution is -0.274. The van der Waals surface area contributed by atoms with Gasteiger partial charge in [0.15, 0.2) is 6.10 Å². The highest BCUT2D eigenvalue weighted by atomic mass is 19.4. The fraction of sp³-hybridized carbons (Fsp3) is 0.400. The van der Waals surface area contributed by atoms with Gasteiger partial charge in [-0.25, -0.2) is 0 Å². The quantitative estimate of drug-likeness (QED) is 0.571. The maximum Gasteiger partial charge on any atom is 0.573 e. The van der Waals surface area contributed by atoms with Gasteiger partial charge in [0.2, 0.25) is 0 Å². The number of likely N-dealkylation sites (tertiary alicyclic amines) is 1. The summed E-state index contributed by atoms with van der Waals surface area (Å²) in [4.78, 5) is 15.1. The van der Waals surface area contributed by atoms with Gasteiger partial charge < -0.3 is 25.2 Å². The van der Waals surface area contributed by atoms with Crippen LogP contribution in [-0.2, 0) is 4.79 Å². The van der Waals surface area contributed by atoms with E-state index in [4.69, 9.17) is 4.74 Å². The Bertz CT molecular complexity index is 1130. The van der Waals surface area contributed by atoms with Crippen molar-refractivity contribution in [2.75, 3.05) is 36.8 Å². The first kappa shape index (κ1) is 24.7. The highest BCUT2D eigenvalue weighted by molar-refractivity contribution is 5.96. The summed E-state index contributed by atoms with van der Waals surface area (Å²) in [5.41, 5.74) is 2.52. The van der Waals surface area contributed by atoms with Crippen molar-refractivity contribution in [2.24, 2.45) is 0 Å². The summed E-state index contributed by atoms with van der Waals surface area (Å²) in [5.74, 6) is 5.75. The Morgan fingerprint density at radius 1 is 1.26 bits per heavy atom. The van der Waals surface area contributed by atoms with Crippen molar-refractivity contribution in [1.82, 2.24) is 4.90 Å². The molecule has 2 aromatic rings. The number of aliphatic hydroxyl groups is 1. The number of piperidine rings is 1. The molecule has 0 saturated carbocycles. The maximum absolute atomic E-state index is 12.9. The number of nitrogens with one attached hydrogen (secondary N) is 2. The molecule has 186 valence electrons. The topological polar surface area (TPSA) is 83.1 Å². The number of hydrogen-bond acceptors (Lipinski definition) is 6. The van der Waals surface area contributed by atoms with Crippen molar-refractivity contribution in [2.45, 2.75) is 38.3 Å². The number of anilines is 2. The van der Waals surface area contributed by atoms with E-state index in [-0.39, 0.29) is 24.1 Å². The van der Waals surface area contributed by atoms with Crippen LogP contribution in [0.5, 0.6) is 11.5 Å². The van der Waals surface area contributed by atoms with Gasteiger partial charge in [-0.15, -0.1) is 13.2 Å². The number of hydrogen-bond donors (Lipinski definition) is 3. The molecule has 4 rings (SSSR count). The van der Waals surface area contributed by atoms with E-state index in [1.807, 2.05) is 19.1 Å². The second kappa shape index (κ2) is 10.5. The van der Waals surface area contributed by atoms with E-state index in [9.17, 15) is 23.1 Å². The molecule has 0 radical (unpaired) electrons. The molecule has 1 amide bonds. The number of aryl methyl sites for hydroxylation is 1. The summed E-state index contributed by atoms with van der Waals surface area (Å²) in [6, 6.07) is 9.16. The van der Waals surface area contributed by atoms with Crippen LogP contribution in [0.3, 0.4) is 0 Å². The Balaban J connectivity index is 1.40. The first-order valence-corrected chi connectivity index (χ1v) is 11.3. The molecule has 0 aliphatic carbocycles. The predicted octanol–water partition coefficient (Wildman–Crippen LogP) is 3.51. The molecular weight excluding hydrogens is 463 g/mol. The Hall–Kier alpha value is -3.42. The van der Waals surface area contributed by atoms with Crippen molar-refractivity contribution in [3.63, 3.8) is 0 Å². The van der Waals surface area contributed by atoms with Gasteiger partial charge in [-0.1, -0.05) is 17.9 Å². The minimum Gasteiger partial charge on any atom is -0.477 e. The number of aliphatic hydroxyl groups excluding tert-OH is 1. The van der Waals surface area contributed by atoms with Gasteiger partial charge in [0.05, 0.1) is 30.6 Å². The number of nitrogens with zero attached hydrogens (tertiary/aromatic N) is 1. The van der Waals surface area contributed by atoms with Gasteiger partial charge in [0.25, 0.3) is 5.91 Å². The molecule has 1 atom stereocenters. The first-order valence-electron chi connectivity index (χ1n) is 11.3. The third kappa shape index (κ3) is 6.81. The van der Waals surface area contributed by atoms with Crippen LogP contribution in [0, 0.1) is 18.8 Å². The van der Waals surface area contributed by atoms with E-state index in [2.05, 4.69) is 32.1 Å². The molecular formula is C25H26F3N3O4. The predicted molar refractivity (Wildman–Crippen MR) is 124 cm³/mol. The second-order valence-corrected chi connectivity index (χ2v) is 8.54. The van der Waals surface area contributed by atoms with Crippen LogP contribution in [0.25, 0.3) is 0 Å². The minimum absolute atomic E-state index is 0.0714. The van der Waals surface area contributed by atoms with E-state index in [1.165, 1.54) is 12.1 Å². The molecule has 1 fully saturated rings. The normalized spacial score (nSPS) is 18.4. The van der Waals surface area contributed by atoms with Crippen LogP contribution in [0.1, 0.15) is 24.0 Å². The molecule has 1 unspecified atom stereocenters. The van der Waals surface area contributed by atoms with Gasteiger partial charge in [-0.05, 0) is 49.6 Å². The van der Waals surface area contributed by atoms with Crippen LogP contribution in [0.4, 0.5) is 24.5 Å². The van der Waals surface area contributed by atoms with Crippen LogP contribution >= 0.6 is 0 Å². The fourth-order valence-corrected chi connectivity index (χ4v) is 3.90. The summed E-state index contributed by atoms with van der Waals surface area (Å²) in [6.07, 6.45) is -4.45. The third-order valence-corrected chi connectivity index (χ3v) is 5.74. The van der Waals surface area contributed by atoms with Crippen LogP contribution in [0.2, 0.25) is 0 Å². The average molecular weight is 489 g/mol. The molecule has 2 aromatic carbocycles. The Morgan fingerprint density at radius 3 is 2.77 bits per heavy atom. The van der Waals surface area contributed by atoms with Crippen molar-refractivity contribution in [3.8, 4) is 23.3 Å². The highest BCUT2D eigenvalue weighted by Crippen LogP contribution is 2.35. The fourth-order valence-electron chi connectivity index (χ4n) is 3.90. The molecule has 0 bridgehead atoms. The van der Waals surface area contributed by atoms with Gasteiger partial charge in [-0.3, -0.25) is 9.69 Å². The molecule has 3 N–H and O–H groups in total. The van der Waals surface area contributed by atoms with Crippen LogP contribution in [0.15, 0.2) is 36.4 Å². The highest BCUT2D eigenvalue weighted by Gasteiger charge is 2.32. The second-order valence-electron chi connectivity index (χ2n) is 8.54. The Kier molecular flexibility index (Phi) is 7.38. The number of carbonyl (C=O) groups excluding carboxylic acids is 1. The van der Waals surface area contributed by atoms with Crippen LogP contribution in [-0.4, -0.2) is 60.7 Å². The zero-order valence-corrected chi connectivity index (χ0v) is 19.1. The number of ether oxygens (including phenoxy) is 2. The largest absolute Gasteiger partial charge is 0.573 e. The van der Waals surface area contributed by atoms with Crippen molar-refractivity contribution >= 4 is 17.3 Å². The summed E-state index contributed by atoms with van der Waals surface area (Å²) in [5, 5.41) is 15.4. The Morgan fingerprint density at radius 2 is 2.03 bits per heavy atom. The minimum atomic E-state index is -4.79. The Labute approximate surface area is 201 Å². The summed E-state index contributed by atoms with van der Waals surface area (Å²) in [7, 11) is 0. The lowest BCUT2D eigenvalue weighted by Gasteiger charge is -2.27. The monoisotopic (exact) mass is 489 g/mol. The maximum atomic E-state index is 12.9. The van der Waals surface area contributed by atoms with Gasteiger partial charge in [0, 0.05) is 24.7 Å². The van der Waals surface area contributed by atoms with E-state index in [0.717, 1.165) is 37.6 Å². The standard InChI is InChI=1S/C25H26F3N3O4/c1-16-4-6-20(17(13-16)3-2-10-31-11-8-18(32)9-12-31)30-24(33)23-15-29-21-14-19(35-25(26,27)28)5-7-22(21)34-23/h4-7,13-14,18,23,29,32H,8-12,15H2,1H3,(H,30,33). The van der Waals surface area contributed by atoms with E-state index >= 15 is 0 Å². The zero-order valence-electron chi connectivity index (χ0n) is 19.1. The van der Waals surface area contributed by atoms with E-state index in [0.29, 0.717) is 23.5 Å². The SMILES string of the molecule is Cc1ccc(NC(=O)C2CNc3cc(OC(F)(F)F)ccc3O2)c(C#CCN2CCC(O)CC2)c1. The zero-order chi connectivity index (χ0) is 25.0. The van der Waals surface area contributed by atoms with Crippen molar-refractivity contribution in [3.05, 3.63) is 47.5 Å². The van der Waals surface area contributed by atoms with Crippen molar-refractivity contribution < 1.29 is 32.5 Å². The molecule has 0 spiro atoms. The number of fused-ring (bicyclic) bond motifs is 1. The molecule has 7 nitrogen and oxygen atoms in total. The number of halogens is 3. The van der Waals surface area contributed by atoms with Crippen LogP contribution < -0.4 is 20.1 Å². The summed E-state index contributed by atoms with van der Waals surface area (Å²) >= 11 is 0. The molecule has 2 aliphatic rings. The summed E-state index contributed by atoms with van der Waals surface area (Å²) < 4.78 is 47.0. The smallest absolute Gasteiger partial charge is 0.477 e. The van der Waals surface area contributed by atoms with E-state index in [1.54, 1.807) is 6.07 Å². The molecule has 35 heavy (non-hydrogen) atoms. The molecule has 10 heteroatoms. The number of carbonyl (C=O) groups is 1. The lowest BCUT2D eigenvalue weighted by Crippen LogP contribution is -2.41. The average Bonchev–Trinajstić information content (AvgIpc) is 2.80.